The van der Waals surface area contributed by atoms with Gasteiger partial charge in [-0.1, -0.05) is 109 Å². The number of para-hydroxylation sites is 1. The van der Waals surface area contributed by atoms with Gasteiger partial charge in [0.2, 0.25) is 0 Å². The Morgan fingerprint density at radius 2 is 0.956 bits per heavy atom. The van der Waals surface area contributed by atoms with Crippen LogP contribution in [0.15, 0.2) is 158 Å². The van der Waals surface area contributed by atoms with Crippen LogP contribution in [0.5, 0.6) is 0 Å². The second-order valence-electron chi connectivity index (χ2n) is 11.6. The van der Waals surface area contributed by atoms with Gasteiger partial charge in [-0.3, -0.25) is 0 Å². The molecule has 0 saturated heterocycles. The number of nitriles is 1. The summed E-state index contributed by atoms with van der Waals surface area (Å²) in [6, 6.07) is 58.6. The molecule has 45 heavy (non-hydrogen) atoms. The average Bonchev–Trinajstić information content (AvgIpc) is 3.44. The van der Waals surface area contributed by atoms with Crippen molar-refractivity contribution in [3.63, 3.8) is 0 Å². The summed E-state index contributed by atoms with van der Waals surface area (Å²) in [7, 11) is 0. The molecule has 0 aliphatic carbocycles. The van der Waals surface area contributed by atoms with Gasteiger partial charge in [-0.15, -0.1) is 0 Å². The van der Waals surface area contributed by atoms with Crippen molar-refractivity contribution in [3.05, 3.63) is 163 Å². The molecule has 0 saturated carbocycles. The summed E-state index contributed by atoms with van der Waals surface area (Å²) >= 11 is 0. The molecule has 0 aliphatic rings. The van der Waals surface area contributed by atoms with Gasteiger partial charge in [0.15, 0.2) is 0 Å². The van der Waals surface area contributed by atoms with Gasteiger partial charge in [-0.2, -0.15) is 5.26 Å². The van der Waals surface area contributed by atoms with Crippen LogP contribution in [-0.4, -0.2) is 4.57 Å². The number of hydrogen-bond acceptors (Lipinski definition) is 1. The van der Waals surface area contributed by atoms with Crippen molar-refractivity contribution in [3.8, 4) is 34.0 Å². The topological polar surface area (TPSA) is 28.7 Å². The van der Waals surface area contributed by atoms with Crippen LogP contribution in [0.3, 0.4) is 0 Å². The Bertz CT molecular complexity index is 2640. The van der Waals surface area contributed by atoms with Gasteiger partial charge in [-0.25, -0.2) is 0 Å². The van der Waals surface area contributed by atoms with E-state index in [9.17, 15) is 5.26 Å². The number of fused-ring (bicyclic) bond motifs is 8. The van der Waals surface area contributed by atoms with E-state index >= 15 is 0 Å². The molecule has 0 aliphatic heterocycles. The van der Waals surface area contributed by atoms with Crippen LogP contribution in [0, 0.1) is 11.3 Å². The summed E-state index contributed by atoms with van der Waals surface area (Å²) in [5.41, 5.74) is 8.83. The Hall–Kier alpha value is -6.17. The predicted molar refractivity (Wildman–Crippen MR) is 189 cm³/mol. The van der Waals surface area contributed by atoms with Crippen LogP contribution in [0.1, 0.15) is 5.56 Å². The van der Waals surface area contributed by atoms with Crippen LogP contribution in [0.2, 0.25) is 0 Å². The van der Waals surface area contributed by atoms with E-state index in [-0.39, 0.29) is 0 Å². The summed E-state index contributed by atoms with van der Waals surface area (Å²) in [6.07, 6.45) is 0. The molecule has 0 bridgehead atoms. The van der Waals surface area contributed by atoms with Crippen molar-refractivity contribution in [1.82, 2.24) is 4.57 Å². The Labute approximate surface area is 260 Å². The number of hydrogen-bond donors (Lipinski definition) is 0. The Morgan fingerprint density at radius 1 is 0.378 bits per heavy atom. The van der Waals surface area contributed by atoms with E-state index in [4.69, 9.17) is 0 Å². The summed E-state index contributed by atoms with van der Waals surface area (Å²) in [4.78, 5) is 0. The van der Waals surface area contributed by atoms with Crippen LogP contribution < -0.4 is 0 Å². The minimum Gasteiger partial charge on any atom is -0.309 e. The maximum atomic E-state index is 9.67. The molecule has 0 spiro atoms. The number of aromatic nitrogens is 1. The van der Waals surface area contributed by atoms with E-state index in [0.717, 1.165) is 33.1 Å². The molecule has 1 aromatic heterocycles. The Balaban J connectivity index is 1.38. The molecule has 0 fully saturated rings. The lowest BCUT2D eigenvalue weighted by Gasteiger charge is -2.16. The van der Waals surface area contributed by atoms with Crippen LogP contribution in [-0.2, 0) is 0 Å². The van der Waals surface area contributed by atoms with Gasteiger partial charge in [0.1, 0.15) is 0 Å². The first-order valence-corrected chi connectivity index (χ1v) is 15.3. The highest BCUT2D eigenvalue weighted by molar-refractivity contribution is 6.24. The molecule has 2 nitrogen and oxygen atoms in total. The van der Waals surface area contributed by atoms with Gasteiger partial charge in [-0.05, 0) is 103 Å². The highest BCUT2D eigenvalue weighted by atomic mass is 15.0. The summed E-state index contributed by atoms with van der Waals surface area (Å²) < 4.78 is 2.32. The molecule has 0 radical (unpaired) electrons. The molecule has 2 heteroatoms. The molecule has 0 amide bonds. The smallest absolute Gasteiger partial charge is 0.0991 e. The van der Waals surface area contributed by atoms with Crippen molar-refractivity contribution < 1.29 is 0 Å². The molecule has 8 aromatic carbocycles. The first kappa shape index (κ1) is 25.3. The summed E-state index contributed by atoms with van der Waals surface area (Å²) in [5, 5.41) is 19.4. The SMILES string of the molecule is N#Cc1ccc2c(c1)c1ccc(-c3cc4c5ccccc5c(-c5ccccc5)cc4c4ccccc34)cc1n2-c1ccccc1. The summed E-state index contributed by atoms with van der Waals surface area (Å²) in [5.74, 6) is 0. The van der Waals surface area contributed by atoms with E-state index < -0.39 is 0 Å². The predicted octanol–water partition coefficient (Wildman–Crippen LogP) is 11.4. The van der Waals surface area contributed by atoms with Crippen molar-refractivity contribution in [1.29, 1.82) is 5.26 Å². The quantitative estimate of drug-likeness (QED) is 0.194. The second-order valence-corrected chi connectivity index (χ2v) is 11.6. The van der Waals surface area contributed by atoms with E-state index in [1.54, 1.807) is 0 Å². The molecular weight excluding hydrogens is 544 g/mol. The van der Waals surface area contributed by atoms with Crippen LogP contribution >= 0.6 is 0 Å². The number of benzene rings is 8. The minimum absolute atomic E-state index is 0.668. The van der Waals surface area contributed by atoms with Gasteiger partial charge in [0, 0.05) is 16.5 Å². The average molecular weight is 571 g/mol. The second kappa shape index (κ2) is 9.95. The van der Waals surface area contributed by atoms with Crippen molar-refractivity contribution in [2.24, 2.45) is 0 Å². The maximum Gasteiger partial charge on any atom is 0.0991 e. The van der Waals surface area contributed by atoms with Crippen molar-refractivity contribution in [2.75, 3.05) is 0 Å². The summed E-state index contributed by atoms with van der Waals surface area (Å²) in [6.45, 7) is 0. The zero-order chi connectivity index (χ0) is 29.9. The lowest BCUT2D eigenvalue weighted by atomic mass is 9.87. The first-order valence-electron chi connectivity index (χ1n) is 15.3. The number of rotatable bonds is 3. The minimum atomic E-state index is 0.668. The lowest BCUT2D eigenvalue weighted by molar-refractivity contribution is 1.18. The largest absolute Gasteiger partial charge is 0.309 e. The third-order valence-electron chi connectivity index (χ3n) is 9.19. The van der Waals surface area contributed by atoms with Crippen molar-refractivity contribution in [2.45, 2.75) is 0 Å². The van der Waals surface area contributed by atoms with E-state index in [1.807, 2.05) is 18.2 Å². The zero-order valence-corrected chi connectivity index (χ0v) is 24.4. The van der Waals surface area contributed by atoms with Crippen LogP contribution in [0.25, 0.3) is 82.1 Å². The molecule has 0 atom stereocenters. The Kier molecular flexibility index (Phi) is 5.60. The fraction of sp³-hybridized carbons (Fsp3) is 0. The first-order chi connectivity index (χ1) is 22.3. The normalized spacial score (nSPS) is 11.5. The molecule has 0 unspecified atom stereocenters. The lowest BCUT2D eigenvalue weighted by Crippen LogP contribution is -1.94. The van der Waals surface area contributed by atoms with E-state index in [1.165, 1.54) is 49.0 Å². The van der Waals surface area contributed by atoms with Gasteiger partial charge < -0.3 is 4.57 Å². The molecular formula is C43H26N2. The molecule has 9 aromatic rings. The van der Waals surface area contributed by atoms with Gasteiger partial charge >= 0.3 is 0 Å². The highest BCUT2D eigenvalue weighted by Gasteiger charge is 2.17. The van der Waals surface area contributed by atoms with Crippen molar-refractivity contribution >= 4 is 54.1 Å². The monoisotopic (exact) mass is 570 g/mol. The van der Waals surface area contributed by atoms with Crippen LogP contribution in [0.4, 0.5) is 0 Å². The Morgan fingerprint density at radius 3 is 1.60 bits per heavy atom. The third-order valence-corrected chi connectivity index (χ3v) is 9.19. The number of nitrogens with zero attached hydrogens (tertiary/aromatic N) is 2. The molecule has 0 N–H and O–H groups in total. The fourth-order valence-electron chi connectivity index (χ4n) is 7.16. The van der Waals surface area contributed by atoms with Gasteiger partial charge in [0.25, 0.3) is 0 Å². The van der Waals surface area contributed by atoms with E-state index in [0.29, 0.717) is 5.56 Å². The fourth-order valence-corrected chi connectivity index (χ4v) is 7.16. The molecule has 9 rings (SSSR count). The molecule has 208 valence electrons. The standard InChI is InChI=1S/C43H26N2/c44-27-28-19-22-42-41(23-28)36-21-20-30(24-43(36)45(42)31-13-5-2-6-14-31)38-26-40-34-17-9-7-15-32(34)37(29-11-3-1-4-12-29)25-39(40)35-18-10-8-16-33(35)38/h1-26H. The maximum absolute atomic E-state index is 9.67. The molecule has 1 heterocycles. The zero-order valence-electron chi connectivity index (χ0n) is 24.4. The third kappa shape index (κ3) is 3.88. The highest BCUT2D eigenvalue weighted by Crippen LogP contribution is 2.43. The van der Waals surface area contributed by atoms with Gasteiger partial charge in [0.05, 0.1) is 22.7 Å². The van der Waals surface area contributed by atoms with E-state index in [2.05, 4.69) is 150 Å².